The number of hydrogen-bond donors (Lipinski definition) is 0. The van der Waals surface area contributed by atoms with Gasteiger partial charge in [-0.1, -0.05) is 253 Å². The zero-order valence-electron chi connectivity index (χ0n) is 40.4. The summed E-state index contributed by atoms with van der Waals surface area (Å²) < 4.78 is 16.8. The van der Waals surface area contributed by atoms with Crippen molar-refractivity contribution < 1.29 is 28.6 Å². The van der Waals surface area contributed by atoms with Gasteiger partial charge in [0.25, 0.3) is 0 Å². The number of carbonyl (C=O) groups excluding carboxylic acids is 3. The van der Waals surface area contributed by atoms with Gasteiger partial charge in [-0.05, 0) is 31.1 Å². The van der Waals surface area contributed by atoms with Crippen molar-refractivity contribution in [3.63, 3.8) is 0 Å². The number of rotatable bonds is 47. The minimum absolute atomic E-state index is 0.0637. The molecule has 0 aromatic carbocycles. The summed E-state index contributed by atoms with van der Waals surface area (Å²) in [6.45, 7) is 11.4. The van der Waals surface area contributed by atoms with Crippen LogP contribution in [0.1, 0.15) is 291 Å². The molecule has 0 aliphatic rings. The largest absolute Gasteiger partial charge is 0.462 e. The SMILES string of the molecule is CCCCCCCCCCCCCCCCCC(=O)OC[C@@H](COC(=O)CCCCCCCCCCCCC(C)C)OC(=O)CCCCCCCCCCCCC(C)C. The van der Waals surface area contributed by atoms with Gasteiger partial charge < -0.3 is 14.2 Å². The van der Waals surface area contributed by atoms with E-state index in [0.717, 1.165) is 69.6 Å². The van der Waals surface area contributed by atoms with E-state index in [1.54, 1.807) is 0 Å². The molecule has 0 spiro atoms. The Morgan fingerprint density at radius 1 is 0.322 bits per heavy atom. The molecular weight excluding hydrogens is 733 g/mol. The Labute approximate surface area is 368 Å². The quantitative estimate of drug-likeness (QED) is 0.0345. The van der Waals surface area contributed by atoms with Gasteiger partial charge in [0.2, 0.25) is 0 Å². The average molecular weight is 835 g/mol. The van der Waals surface area contributed by atoms with Crippen LogP contribution in [-0.2, 0) is 28.6 Å². The molecule has 0 aromatic heterocycles. The molecule has 0 heterocycles. The van der Waals surface area contributed by atoms with E-state index in [1.165, 1.54) is 180 Å². The minimum Gasteiger partial charge on any atom is -0.462 e. The molecular formula is C53H102O6. The predicted octanol–water partition coefficient (Wildman–Crippen LogP) is 16.9. The van der Waals surface area contributed by atoms with Crippen LogP contribution >= 0.6 is 0 Å². The maximum atomic E-state index is 12.8. The van der Waals surface area contributed by atoms with Gasteiger partial charge in [0, 0.05) is 19.3 Å². The molecule has 0 N–H and O–H groups in total. The molecule has 0 aliphatic carbocycles. The van der Waals surface area contributed by atoms with Gasteiger partial charge in [0.15, 0.2) is 6.10 Å². The summed E-state index contributed by atoms with van der Waals surface area (Å²) in [5.74, 6) is 0.787. The lowest BCUT2D eigenvalue weighted by Crippen LogP contribution is -2.30. The molecule has 0 aliphatic heterocycles. The summed E-state index contributed by atoms with van der Waals surface area (Å²) in [5, 5.41) is 0. The highest BCUT2D eigenvalue weighted by atomic mass is 16.6. The second kappa shape index (κ2) is 45.9. The fourth-order valence-electron chi connectivity index (χ4n) is 7.99. The van der Waals surface area contributed by atoms with Crippen LogP contribution in [-0.4, -0.2) is 37.2 Å². The zero-order valence-corrected chi connectivity index (χ0v) is 40.4. The van der Waals surface area contributed by atoms with Gasteiger partial charge in [-0.3, -0.25) is 14.4 Å². The van der Waals surface area contributed by atoms with Gasteiger partial charge in [0.1, 0.15) is 13.2 Å². The van der Waals surface area contributed by atoms with Crippen molar-refractivity contribution >= 4 is 17.9 Å². The number of hydrogen-bond acceptors (Lipinski definition) is 6. The summed E-state index contributed by atoms with van der Waals surface area (Å²) in [5.41, 5.74) is 0. The minimum atomic E-state index is -0.762. The Kier molecular flexibility index (Phi) is 44.7. The first-order chi connectivity index (χ1) is 28.7. The molecule has 6 nitrogen and oxygen atoms in total. The van der Waals surface area contributed by atoms with E-state index in [4.69, 9.17) is 14.2 Å². The lowest BCUT2D eigenvalue weighted by Gasteiger charge is -2.18. The second-order valence-electron chi connectivity index (χ2n) is 19.1. The van der Waals surface area contributed by atoms with Crippen molar-refractivity contribution in [3.05, 3.63) is 0 Å². The van der Waals surface area contributed by atoms with Gasteiger partial charge in [0.05, 0.1) is 0 Å². The summed E-state index contributed by atoms with van der Waals surface area (Å²) in [7, 11) is 0. The van der Waals surface area contributed by atoms with Crippen LogP contribution in [0.25, 0.3) is 0 Å². The van der Waals surface area contributed by atoms with Gasteiger partial charge in [-0.25, -0.2) is 0 Å². The van der Waals surface area contributed by atoms with Crippen molar-refractivity contribution in [1.82, 2.24) is 0 Å². The maximum Gasteiger partial charge on any atom is 0.306 e. The smallest absolute Gasteiger partial charge is 0.306 e. The average Bonchev–Trinajstić information content (AvgIpc) is 3.20. The Hall–Kier alpha value is -1.59. The molecule has 0 saturated carbocycles. The molecule has 0 unspecified atom stereocenters. The third-order valence-corrected chi connectivity index (χ3v) is 12.0. The molecule has 0 rings (SSSR count). The molecule has 59 heavy (non-hydrogen) atoms. The molecule has 0 saturated heterocycles. The maximum absolute atomic E-state index is 12.8. The third-order valence-electron chi connectivity index (χ3n) is 12.0. The first-order valence-corrected chi connectivity index (χ1v) is 26.2. The highest BCUT2D eigenvalue weighted by Crippen LogP contribution is 2.17. The first-order valence-electron chi connectivity index (χ1n) is 26.2. The molecule has 0 aromatic rings. The highest BCUT2D eigenvalue weighted by Gasteiger charge is 2.19. The summed E-state index contributed by atoms with van der Waals surface area (Å²) in [6, 6.07) is 0. The van der Waals surface area contributed by atoms with E-state index in [-0.39, 0.29) is 31.1 Å². The number of carbonyl (C=O) groups is 3. The van der Waals surface area contributed by atoms with Crippen LogP contribution in [0.4, 0.5) is 0 Å². The standard InChI is InChI=1S/C53H102O6/c1-6-7-8-9-10-11-12-13-14-15-16-23-28-33-38-43-51(54)57-46-50(59-53(56)45-40-35-30-25-20-18-22-27-32-37-42-49(4)5)47-58-52(55)44-39-34-29-24-19-17-21-26-31-36-41-48(2)3/h48-50H,6-47H2,1-5H3/t50-/m0/s1. The Balaban J connectivity index is 4.31. The molecule has 6 heteroatoms. The lowest BCUT2D eigenvalue weighted by molar-refractivity contribution is -0.167. The Morgan fingerprint density at radius 2 is 0.559 bits per heavy atom. The van der Waals surface area contributed by atoms with Crippen molar-refractivity contribution in [2.24, 2.45) is 11.8 Å². The lowest BCUT2D eigenvalue weighted by atomic mass is 10.0. The third kappa shape index (κ3) is 47.3. The summed E-state index contributed by atoms with van der Waals surface area (Å²) in [4.78, 5) is 38.0. The van der Waals surface area contributed by atoms with E-state index in [2.05, 4.69) is 34.6 Å². The van der Waals surface area contributed by atoms with E-state index < -0.39 is 6.10 Å². The van der Waals surface area contributed by atoms with Crippen LogP contribution in [0.2, 0.25) is 0 Å². The van der Waals surface area contributed by atoms with Crippen LogP contribution < -0.4 is 0 Å². The van der Waals surface area contributed by atoms with Crippen molar-refractivity contribution in [2.45, 2.75) is 298 Å². The van der Waals surface area contributed by atoms with Crippen molar-refractivity contribution in [3.8, 4) is 0 Å². The number of esters is 3. The molecule has 0 radical (unpaired) electrons. The van der Waals surface area contributed by atoms with Crippen molar-refractivity contribution in [1.29, 1.82) is 0 Å². The number of unbranched alkanes of at least 4 members (excludes halogenated alkanes) is 32. The second-order valence-corrected chi connectivity index (χ2v) is 19.1. The van der Waals surface area contributed by atoms with Crippen LogP contribution in [0.3, 0.4) is 0 Å². The van der Waals surface area contributed by atoms with Crippen LogP contribution in [0.5, 0.6) is 0 Å². The highest BCUT2D eigenvalue weighted by molar-refractivity contribution is 5.71. The monoisotopic (exact) mass is 835 g/mol. The van der Waals surface area contributed by atoms with Crippen molar-refractivity contribution in [2.75, 3.05) is 13.2 Å². The van der Waals surface area contributed by atoms with E-state index >= 15 is 0 Å². The Bertz CT molecular complexity index is 900. The normalized spacial score (nSPS) is 12.1. The van der Waals surface area contributed by atoms with Crippen LogP contribution in [0.15, 0.2) is 0 Å². The molecule has 0 amide bonds. The fraction of sp³-hybridized carbons (Fsp3) is 0.943. The van der Waals surface area contributed by atoms with E-state index in [9.17, 15) is 14.4 Å². The Morgan fingerprint density at radius 3 is 0.831 bits per heavy atom. The summed E-state index contributed by atoms with van der Waals surface area (Å²) >= 11 is 0. The van der Waals surface area contributed by atoms with Gasteiger partial charge in [-0.2, -0.15) is 0 Å². The van der Waals surface area contributed by atoms with E-state index in [1.807, 2.05) is 0 Å². The first kappa shape index (κ1) is 57.4. The number of ether oxygens (including phenoxy) is 3. The summed E-state index contributed by atoms with van der Waals surface area (Å²) in [6.07, 6.45) is 46.6. The molecule has 0 fully saturated rings. The topological polar surface area (TPSA) is 78.9 Å². The molecule has 350 valence electrons. The zero-order chi connectivity index (χ0) is 43.3. The van der Waals surface area contributed by atoms with E-state index in [0.29, 0.717) is 19.3 Å². The van der Waals surface area contributed by atoms with Gasteiger partial charge >= 0.3 is 17.9 Å². The molecule has 0 bridgehead atoms. The predicted molar refractivity (Wildman–Crippen MR) is 252 cm³/mol. The van der Waals surface area contributed by atoms with Gasteiger partial charge in [-0.15, -0.1) is 0 Å². The fourth-order valence-corrected chi connectivity index (χ4v) is 7.99. The molecule has 1 atom stereocenters. The van der Waals surface area contributed by atoms with Crippen LogP contribution in [0, 0.1) is 11.8 Å².